The lowest BCUT2D eigenvalue weighted by molar-refractivity contribution is 0.590. The Balaban J connectivity index is 1.39. The van der Waals surface area contributed by atoms with Gasteiger partial charge < -0.3 is 5.32 Å². The highest BCUT2D eigenvalue weighted by molar-refractivity contribution is 6.04. The second-order valence-electron chi connectivity index (χ2n) is 12.3. The van der Waals surface area contributed by atoms with E-state index in [1.54, 1.807) is 0 Å². The first-order valence-corrected chi connectivity index (χ1v) is 14.2. The van der Waals surface area contributed by atoms with E-state index in [1.807, 2.05) is 0 Å². The summed E-state index contributed by atoms with van der Waals surface area (Å²) in [5.41, 5.74) is 14.2. The average molecular weight is 514 g/mol. The molecule has 40 heavy (non-hydrogen) atoms. The van der Waals surface area contributed by atoms with Gasteiger partial charge in [-0.25, -0.2) is 0 Å². The largest absolute Gasteiger partial charge is 0.356 e. The SMILES string of the molecule is CC(C)(C)c1ccc(Nc2ccc3c(c2)C2(c4ccccc4-3)c3ccccc3-c3ccc4ccccc4c32)cc1. The van der Waals surface area contributed by atoms with Crippen LogP contribution in [-0.2, 0) is 10.8 Å². The zero-order valence-corrected chi connectivity index (χ0v) is 23.1. The zero-order valence-electron chi connectivity index (χ0n) is 23.1. The van der Waals surface area contributed by atoms with Crippen LogP contribution in [0.5, 0.6) is 0 Å². The van der Waals surface area contributed by atoms with Crippen molar-refractivity contribution in [3.8, 4) is 22.3 Å². The molecule has 0 bridgehead atoms. The fourth-order valence-electron chi connectivity index (χ4n) is 7.22. The van der Waals surface area contributed by atoms with E-state index in [4.69, 9.17) is 0 Å². The summed E-state index contributed by atoms with van der Waals surface area (Å²) in [6, 6.07) is 47.4. The molecule has 2 aliphatic carbocycles. The van der Waals surface area contributed by atoms with Crippen molar-refractivity contribution in [1.82, 2.24) is 0 Å². The molecule has 1 N–H and O–H groups in total. The Morgan fingerprint density at radius 2 is 1.07 bits per heavy atom. The summed E-state index contributed by atoms with van der Waals surface area (Å²) in [5, 5.41) is 6.34. The number of anilines is 2. The van der Waals surface area contributed by atoms with Crippen molar-refractivity contribution in [1.29, 1.82) is 0 Å². The first-order valence-electron chi connectivity index (χ1n) is 14.2. The summed E-state index contributed by atoms with van der Waals surface area (Å²) >= 11 is 0. The Hall–Kier alpha value is -4.62. The predicted molar refractivity (Wildman–Crippen MR) is 169 cm³/mol. The molecule has 6 aromatic carbocycles. The van der Waals surface area contributed by atoms with Crippen molar-refractivity contribution in [2.24, 2.45) is 0 Å². The van der Waals surface area contributed by atoms with E-state index in [2.05, 4.69) is 153 Å². The molecule has 0 amide bonds. The lowest BCUT2D eigenvalue weighted by Crippen LogP contribution is -2.26. The zero-order chi connectivity index (χ0) is 27.1. The van der Waals surface area contributed by atoms with E-state index in [0.717, 1.165) is 11.4 Å². The molecule has 192 valence electrons. The van der Waals surface area contributed by atoms with Crippen LogP contribution in [0.15, 0.2) is 127 Å². The van der Waals surface area contributed by atoms with Crippen LogP contribution in [0.4, 0.5) is 11.4 Å². The fourth-order valence-corrected chi connectivity index (χ4v) is 7.22. The van der Waals surface area contributed by atoms with Gasteiger partial charge in [-0.3, -0.25) is 0 Å². The number of benzene rings is 6. The molecule has 0 aliphatic heterocycles. The molecule has 0 heterocycles. The van der Waals surface area contributed by atoms with Crippen molar-refractivity contribution in [3.05, 3.63) is 155 Å². The second kappa shape index (κ2) is 8.19. The third-order valence-electron chi connectivity index (χ3n) is 9.01. The number of nitrogens with one attached hydrogen (secondary N) is 1. The molecule has 0 aromatic heterocycles. The van der Waals surface area contributed by atoms with Gasteiger partial charge in [-0.05, 0) is 90.5 Å². The van der Waals surface area contributed by atoms with Crippen LogP contribution in [0.2, 0.25) is 0 Å². The summed E-state index contributed by atoms with van der Waals surface area (Å²) in [4.78, 5) is 0. The lowest BCUT2D eigenvalue weighted by Gasteiger charge is -2.31. The van der Waals surface area contributed by atoms with Crippen LogP contribution < -0.4 is 5.32 Å². The highest BCUT2D eigenvalue weighted by Gasteiger charge is 2.52. The quantitative estimate of drug-likeness (QED) is 0.242. The Kier molecular flexibility index (Phi) is 4.77. The summed E-state index contributed by atoms with van der Waals surface area (Å²) in [6.45, 7) is 6.77. The first kappa shape index (κ1) is 23.3. The molecule has 0 radical (unpaired) electrons. The van der Waals surface area contributed by atoms with Gasteiger partial charge in [-0.1, -0.05) is 124 Å². The Morgan fingerprint density at radius 1 is 0.500 bits per heavy atom. The van der Waals surface area contributed by atoms with E-state index in [1.165, 1.54) is 60.8 Å². The van der Waals surface area contributed by atoms with Gasteiger partial charge in [0.05, 0.1) is 5.41 Å². The lowest BCUT2D eigenvalue weighted by atomic mass is 9.69. The molecule has 8 rings (SSSR count). The Morgan fingerprint density at radius 3 is 1.80 bits per heavy atom. The van der Waals surface area contributed by atoms with E-state index >= 15 is 0 Å². The predicted octanol–water partition coefficient (Wildman–Crippen LogP) is 10.2. The van der Waals surface area contributed by atoms with Crippen molar-refractivity contribution in [3.63, 3.8) is 0 Å². The first-order chi connectivity index (χ1) is 19.5. The minimum atomic E-state index is -0.369. The summed E-state index contributed by atoms with van der Waals surface area (Å²) in [6.07, 6.45) is 0. The Labute approximate surface area is 236 Å². The molecule has 1 atom stereocenters. The molecule has 0 fully saturated rings. The van der Waals surface area contributed by atoms with Crippen LogP contribution in [-0.4, -0.2) is 0 Å². The van der Waals surface area contributed by atoms with E-state index in [0.29, 0.717) is 0 Å². The van der Waals surface area contributed by atoms with Gasteiger partial charge in [0.1, 0.15) is 0 Å². The van der Waals surface area contributed by atoms with Crippen LogP contribution in [0, 0.1) is 0 Å². The van der Waals surface area contributed by atoms with Gasteiger partial charge in [0.15, 0.2) is 0 Å². The normalized spacial score (nSPS) is 16.5. The van der Waals surface area contributed by atoms with Crippen LogP contribution in [0.3, 0.4) is 0 Å². The van der Waals surface area contributed by atoms with Crippen LogP contribution in [0.25, 0.3) is 33.0 Å². The fraction of sp³-hybridized carbons (Fsp3) is 0.128. The maximum Gasteiger partial charge on any atom is 0.0732 e. The minimum Gasteiger partial charge on any atom is -0.356 e. The number of hydrogen-bond acceptors (Lipinski definition) is 1. The standard InChI is InChI=1S/C39H31N/c1-38(2,3)26-17-19-27(20-18-26)40-28-21-23-32-30-12-6-8-14-34(30)39(36(32)24-28)35-15-9-7-13-31(35)33-22-16-25-10-4-5-11-29(25)37(33)39/h4-24,40H,1-3H3. The number of fused-ring (bicyclic) bond motifs is 12. The van der Waals surface area contributed by atoms with Gasteiger partial charge in [0, 0.05) is 11.4 Å². The van der Waals surface area contributed by atoms with E-state index in [9.17, 15) is 0 Å². The van der Waals surface area contributed by atoms with Crippen LogP contribution in [0.1, 0.15) is 48.6 Å². The third-order valence-corrected chi connectivity index (χ3v) is 9.01. The Bertz CT molecular complexity index is 1940. The summed E-state index contributed by atoms with van der Waals surface area (Å²) in [7, 11) is 0. The van der Waals surface area contributed by atoms with Crippen molar-refractivity contribution in [2.45, 2.75) is 31.6 Å². The van der Waals surface area contributed by atoms with Crippen LogP contribution >= 0.6 is 0 Å². The maximum atomic E-state index is 3.73. The molecule has 1 heteroatoms. The summed E-state index contributed by atoms with van der Waals surface area (Å²) < 4.78 is 0. The molecular formula is C39H31N. The molecule has 0 saturated carbocycles. The molecule has 1 spiro atoms. The molecule has 1 nitrogen and oxygen atoms in total. The average Bonchev–Trinajstić information content (AvgIpc) is 3.44. The number of hydrogen-bond donors (Lipinski definition) is 1. The molecular weight excluding hydrogens is 482 g/mol. The topological polar surface area (TPSA) is 12.0 Å². The molecule has 6 aromatic rings. The van der Waals surface area contributed by atoms with Gasteiger partial charge in [-0.2, -0.15) is 0 Å². The number of rotatable bonds is 2. The highest BCUT2D eigenvalue weighted by Crippen LogP contribution is 2.64. The highest BCUT2D eigenvalue weighted by atomic mass is 14.9. The summed E-state index contributed by atoms with van der Waals surface area (Å²) in [5.74, 6) is 0. The molecule has 0 saturated heterocycles. The van der Waals surface area contributed by atoms with E-state index in [-0.39, 0.29) is 10.8 Å². The van der Waals surface area contributed by atoms with Gasteiger partial charge in [0.25, 0.3) is 0 Å². The molecule has 2 aliphatic rings. The second-order valence-corrected chi connectivity index (χ2v) is 12.3. The van der Waals surface area contributed by atoms with Gasteiger partial charge in [-0.15, -0.1) is 0 Å². The molecule has 1 unspecified atom stereocenters. The van der Waals surface area contributed by atoms with Gasteiger partial charge in [0.2, 0.25) is 0 Å². The van der Waals surface area contributed by atoms with Gasteiger partial charge >= 0.3 is 0 Å². The smallest absolute Gasteiger partial charge is 0.0732 e. The van der Waals surface area contributed by atoms with Crippen molar-refractivity contribution >= 4 is 22.1 Å². The van der Waals surface area contributed by atoms with Crippen molar-refractivity contribution < 1.29 is 0 Å². The minimum absolute atomic E-state index is 0.135. The van der Waals surface area contributed by atoms with Crippen molar-refractivity contribution in [2.75, 3.05) is 5.32 Å². The van der Waals surface area contributed by atoms with E-state index < -0.39 is 0 Å². The third kappa shape index (κ3) is 3.09. The maximum absolute atomic E-state index is 3.73. The monoisotopic (exact) mass is 513 g/mol.